The molecule has 1 amide bonds. The van der Waals surface area contributed by atoms with Crippen molar-refractivity contribution in [2.45, 2.75) is 20.3 Å². The zero-order valence-electron chi connectivity index (χ0n) is 14.2. The van der Waals surface area contributed by atoms with Crippen molar-refractivity contribution in [1.29, 1.82) is 0 Å². The Hall–Kier alpha value is -2.59. The van der Waals surface area contributed by atoms with E-state index in [1.54, 1.807) is 24.3 Å². The summed E-state index contributed by atoms with van der Waals surface area (Å²) in [4.78, 5) is 17.0. The second kappa shape index (κ2) is 7.53. The highest BCUT2D eigenvalue weighted by Crippen LogP contribution is 2.28. The largest absolute Gasteiger partial charge is 0.493 e. The van der Waals surface area contributed by atoms with Crippen LogP contribution in [0, 0.1) is 0 Å². The Balaban J connectivity index is 1.93. The number of pyridine rings is 1. The first-order valence-electron chi connectivity index (χ1n) is 8.24. The van der Waals surface area contributed by atoms with Gasteiger partial charge in [-0.3, -0.25) is 4.79 Å². The van der Waals surface area contributed by atoms with E-state index in [0.29, 0.717) is 28.6 Å². The Morgan fingerprint density at radius 3 is 2.56 bits per heavy atom. The predicted molar refractivity (Wildman–Crippen MR) is 102 cm³/mol. The van der Waals surface area contributed by atoms with E-state index in [2.05, 4.69) is 17.2 Å². The van der Waals surface area contributed by atoms with Gasteiger partial charge in [-0.05, 0) is 49.2 Å². The van der Waals surface area contributed by atoms with Crippen LogP contribution in [-0.4, -0.2) is 17.5 Å². The molecule has 0 bridgehead atoms. The molecule has 128 valence electrons. The number of aromatic nitrogens is 1. The van der Waals surface area contributed by atoms with Crippen LogP contribution < -0.4 is 10.1 Å². The van der Waals surface area contributed by atoms with Crippen molar-refractivity contribution >= 4 is 34.1 Å². The van der Waals surface area contributed by atoms with Crippen LogP contribution in [0.25, 0.3) is 10.9 Å². The molecule has 0 aliphatic carbocycles. The number of aryl methyl sites for hydroxylation is 1. The molecule has 0 spiro atoms. The summed E-state index contributed by atoms with van der Waals surface area (Å²) >= 11 is 6.06. The quantitative estimate of drug-likeness (QED) is 0.693. The van der Waals surface area contributed by atoms with Crippen LogP contribution in [0.2, 0.25) is 5.02 Å². The first kappa shape index (κ1) is 17.2. The maximum absolute atomic E-state index is 12.6. The lowest BCUT2D eigenvalue weighted by Gasteiger charge is -2.11. The summed E-state index contributed by atoms with van der Waals surface area (Å²) in [5.74, 6) is 0.323. The van der Waals surface area contributed by atoms with Crippen LogP contribution in [0.3, 0.4) is 0 Å². The lowest BCUT2D eigenvalue weighted by atomic mass is 10.1. The molecule has 4 nitrogen and oxygen atoms in total. The molecule has 0 aliphatic heterocycles. The fourth-order valence-electron chi connectivity index (χ4n) is 2.58. The van der Waals surface area contributed by atoms with Gasteiger partial charge in [0.25, 0.3) is 5.91 Å². The SMILES string of the molecule is CCOc1cc(C(=O)Nc2ccc(CC)cc2)nc2ccc(Cl)cc12. The number of ether oxygens (including phenoxy) is 1. The number of fused-ring (bicyclic) bond motifs is 1. The highest BCUT2D eigenvalue weighted by Gasteiger charge is 2.13. The maximum Gasteiger partial charge on any atom is 0.274 e. The van der Waals surface area contributed by atoms with Crippen LogP contribution >= 0.6 is 11.6 Å². The van der Waals surface area contributed by atoms with Gasteiger partial charge in [0, 0.05) is 22.2 Å². The molecule has 5 heteroatoms. The second-order valence-electron chi connectivity index (χ2n) is 5.60. The average molecular weight is 355 g/mol. The lowest BCUT2D eigenvalue weighted by molar-refractivity contribution is 0.102. The smallest absolute Gasteiger partial charge is 0.274 e. The minimum Gasteiger partial charge on any atom is -0.493 e. The summed E-state index contributed by atoms with van der Waals surface area (Å²) in [6.07, 6.45) is 0.959. The minimum atomic E-state index is -0.276. The number of amides is 1. The number of benzene rings is 2. The average Bonchev–Trinajstić information content (AvgIpc) is 2.62. The zero-order chi connectivity index (χ0) is 17.8. The van der Waals surface area contributed by atoms with E-state index in [-0.39, 0.29) is 5.91 Å². The molecule has 3 rings (SSSR count). The van der Waals surface area contributed by atoms with Gasteiger partial charge < -0.3 is 10.1 Å². The molecule has 25 heavy (non-hydrogen) atoms. The van der Waals surface area contributed by atoms with Gasteiger partial charge in [-0.1, -0.05) is 30.7 Å². The number of halogens is 1. The van der Waals surface area contributed by atoms with Crippen LogP contribution in [0.15, 0.2) is 48.5 Å². The van der Waals surface area contributed by atoms with E-state index in [1.807, 2.05) is 31.2 Å². The molecule has 0 fully saturated rings. The van der Waals surface area contributed by atoms with Crippen molar-refractivity contribution < 1.29 is 9.53 Å². The highest BCUT2D eigenvalue weighted by molar-refractivity contribution is 6.31. The topological polar surface area (TPSA) is 51.2 Å². The highest BCUT2D eigenvalue weighted by atomic mass is 35.5. The number of nitrogens with one attached hydrogen (secondary N) is 1. The van der Waals surface area contributed by atoms with E-state index in [4.69, 9.17) is 16.3 Å². The molecule has 3 aromatic rings. The molecule has 1 N–H and O–H groups in total. The third-order valence-electron chi connectivity index (χ3n) is 3.89. The van der Waals surface area contributed by atoms with Crippen molar-refractivity contribution in [1.82, 2.24) is 4.98 Å². The van der Waals surface area contributed by atoms with Crippen molar-refractivity contribution in [2.75, 3.05) is 11.9 Å². The molecule has 1 heterocycles. The van der Waals surface area contributed by atoms with Gasteiger partial charge in [-0.15, -0.1) is 0 Å². The lowest BCUT2D eigenvalue weighted by Crippen LogP contribution is -2.14. The number of carbonyl (C=O) groups excluding carboxylic acids is 1. The van der Waals surface area contributed by atoms with Crippen LogP contribution in [-0.2, 0) is 6.42 Å². The summed E-state index contributed by atoms with van der Waals surface area (Å²) < 4.78 is 5.67. The number of hydrogen-bond acceptors (Lipinski definition) is 3. The van der Waals surface area contributed by atoms with Gasteiger partial charge in [0.05, 0.1) is 12.1 Å². The fraction of sp³-hybridized carbons (Fsp3) is 0.200. The van der Waals surface area contributed by atoms with Crippen molar-refractivity contribution in [2.24, 2.45) is 0 Å². The third-order valence-corrected chi connectivity index (χ3v) is 4.12. The first-order chi connectivity index (χ1) is 12.1. The summed E-state index contributed by atoms with van der Waals surface area (Å²) in [5, 5.41) is 4.26. The number of anilines is 1. The molecule has 2 aromatic carbocycles. The fourth-order valence-corrected chi connectivity index (χ4v) is 2.75. The number of hydrogen-bond donors (Lipinski definition) is 1. The molecule has 0 atom stereocenters. The van der Waals surface area contributed by atoms with E-state index in [9.17, 15) is 4.79 Å². The normalized spacial score (nSPS) is 10.7. The monoisotopic (exact) mass is 354 g/mol. The first-order valence-corrected chi connectivity index (χ1v) is 8.62. The standard InChI is InChI=1S/C20H19ClN2O2/c1-3-13-5-8-15(9-6-13)22-20(24)18-12-19(25-4-2)16-11-14(21)7-10-17(16)23-18/h5-12H,3-4H2,1-2H3,(H,22,24). The Morgan fingerprint density at radius 1 is 1.12 bits per heavy atom. The summed E-state index contributed by atoms with van der Waals surface area (Å²) in [6, 6.07) is 14.7. The van der Waals surface area contributed by atoms with Crippen molar-refractivity contribution in [3.05, 3.63) is 64.8 Å². The molecule has 0 aliphatic rings. The third kappa shape index (κ3) is 3.91. The Morgan fingerprint density at radius 2 is 1.88 bits per heavy atom. The van der Waals surface area contributed by atoms with Crippen molar-refractivity contribution in [3.63, 3.8) is 0 Å². The molecule has 0 saturated heterocycles. The van der Waals surface area contributed by atoms with E-state index in [1.165, 1.54) is 5.56 Å². The summed E-state index contributed by atoms with van der Waals surface area (Å²) in [6.45, 7) is 4.48. The predicted octanol–water partition coefficient (Wildman–Crippen LogP) is 5.10. The number of nitrogens with zero attached hydrogens (tertiary/aromatic N) is 1. The van der Waals surface area contributed by atoms with Crippen molar-refractivity contribution in [3.8, 4) is 5.75 Å². The maximum atomic E-state index is 12.6. The zero-order valence-corrected chi connectivity index (χ0v) is 14.9. The molecule has 0 saturated carbocycles. The minimum absolute atomic E-state index is 0.276. The van der Waals surface area contributed by atoms with Crippen LogP contribution in [0.5, 0.6) is 5.75 Å². The number of rotatable bonds is 5. The molecule has 0 radical (unpaired) electrons. The Kier molecular flexibility index (Phi) is 5.19. The van der Waals surface area contributed by atoms with Gasteiger partial charge >= 0.3 is 0 Å². The Labute approximate surface area is 151 Å². The van der Waals surface area contributed by atoms with Crippen LogP contribution in [0.1, 0.15) is 29.9 Å². The second-order valence-corrected chi connectivity index (χ2v) is 6.04. The molecule has 1 aromatic heterocycles. The van der Waals surface area contributed by atoms with Gasteiger partial charge in [0.15, 0.2) is 0 Å². The van der Waals surface area contributed by atoms with E-state index < -0.39 is 0 Å². The molecule has 0 unspecified atom stereocenters. The van der Waals surface area contributed by atoms with Gasteiger partial charge in [-0.2, -0.15) is 0 Å². The molecular weight excluding hydrogens is 336 g/mol. The summed E-state index contributed by atoms with van der Waals surface area (Å²) in [7, 11) is 0. The number of carbonyl (C=O) groups is 1. The van der Waals surface area contributed by atoms with Gasteiger partial charge in [0.1, 0.15) is 11.4 Å². The van der Waals surface area contributed by atoms with E-state index >= 15 is 0 Å². The van der Waals surface area contributed by atoms with Crippen LogP contribution in [0.4, 0.5) is 5.69 Å². The summed E-state index contributed by atoms with van der Waals surface area (Å²) in [5.41, 5.74) is 2.93. The van der Waals surface area contributed by atoms with Gasteiger partial charge in [-0.25, -0.2) is 4.98 Å². The molecular formula is C20H19ClN2O2. The Bertz CT molecular complexity index is 907. The van der Waals surface area contributed by atoms with E-state index in [0.717, 1.165) is 17.5 Å². The van der Waals surface area contributed by atoms with Gasteiger partial charge in [0.2, 0.25) is 0 Å².